The van der Waals surface area contributed by atoms with Crippen LogP contribution in [-0.4, -0.2) is 0 Å². The number of hydrogen-bond donors (Lipinski definition) is 0. The maximum atomic E-state index is 6.76. The predicted molar refractivity (Wildman–Crippen MR) is 73.6 cm³/mol. The third-order valence-electron chi connectivity index (χ3n) is 4.71. The molecule has 1 aromatic rings. The molecule has 3 unspecified atom stereocenters. The fourth-order valence-electron chi connectivity index (χ4n) is 3.86. The van der Waals surface area contributed by atoms with E-state index in [1.54, 1.807) is 0 Å². The van der Waals surface area contributed by atoms with Crippen LogP contribution in [0, 0.1) is 38.5 Å². The molecule has 0 saturated heterocycles. The standard InChI is InChI=1S/C16H21Cl/c1-9-4-10(2)15(11(3)5-9)16(17)14-7-12-6-13(12)8-14/h4-5,12-14,16H,6-8H2,1-3H3. The lowest BCUT2D eigenvalue weighted by Crippen LogP contribution is -2.09. The van der Waals surface area contributed by atoms with Crippen molar-refractivity contribution in [2.75, 3.05) is 0 Å². The molecule has 0 N–H and O–H groups in total. The Morgan fingerprint density at radius 3 is 2.06 bits per heavy atom. The second-order valence-corrected chi connectivity index (χ2v) is 6.67. The first-order valence-corrected chi connectivity index (χ1v) is 7.21. The van der Waals surface area contributed by atoms with E-state index in [2.05, 4.69) is 32.9 Å². The minimum atomic E-state index is 0.239. The summed E-state index contributed by atoms with van der Waals surface area (Å²) < 4.78 is 0. The highest BCUT2D eigenvalue weighted by atomic mass is 35.5. The SMILES string of the molecule is Cc1cc(C)c(C(Cl)C2CC3CC3C2)c(C)c1. The molecule has 1 heteroatoms. The molecule has 0 bridgehead atoms. The van der Waals surface area contributed by atoms with Crippen molar-refractivity contribution in [3.8, 4) is 0 Å². The van der Waals surface area contributed by atoms with Gasteiger partial charge in [0, 0.05) is 0 Å². The fourth-order valence-corrected chi connectivity index (χ4v) is 4.41. The lowest BCUT2D eigenvalue weighted by Gasteiger charge is -2.23. The van der Waals surface area contributed by atoms with Crippen molar-refractivity contribution in [3.05, 3.63) is 34.4 Å². The number of fused-ring (bicyclic) bond motifs is 1. The summed E-state index contributed by atoms with van der Waals surface area (Å²) in [5.74, 6) is 2.76. The van der Waals surface area contributed by atoms with Gasteiger partial charge in [-0.1, -0.05) is 17.7 Å². The number of halogens is 1. The van der Waals surface area contributed by atoms with Crippen molar-refractivity contribution in [1.29, 1.82) is 0 Å². The van der Waals surface area contributed by atoms with E-state index < -0.39 is 0 Å². The summed E-state index contributed by atoms with van der Waals surface area (Å²) in [5, 5.41) is 0.239. The van der Waals surface area contributed by atoms with Crippen LogP contribution in [0.3, 0.4) is 0 Å². The summed E-state index contributed by atoms with van der Waals surface area (Å²) >= 11 is 6.76. The molecular weight excluding hydrogens is 228 g/mol. The van der Waals surface area contributed by atoms with Crippen molar-refractivity contribution in [1.82, 2.24) is 0 Å². The zero-order chi connectivity index (χ0) is 12.2. The van der Waals surface area contributed by atoms with Gasteiger partial charge in [0.15, 0.2) is 0 Å². The zero-order valence-electron chi connectivity index (χ0n) is 11.0. The van der Waals surface area contributed by atoms with Crippen LogP contribution in [-0.2, 0) is 0 Å². The molecule has 2 fully saturated rings. The maximum absolute atomic E-state index is 6.76. The third-order valence-corrected chi connectivity index (χ3v) is 5.28. The van der Waals surface area contributed by atoms with Crippen LogP contribution >= 0.6 is 11.6 Å². The molecule has 0 nitrogen and oxygen atoms in total. The van der Waals surface area contributed by atoms with Gasteiger partial charge in [-0.3, -0.25) is 0 Å². The molecule has 92 valence electrons. The average Bonchev–Trinajstić information content (AvgIpc) is 2.84. The van der Waals surface area contributed by atoms with Crippen LogP contribution in [0.15, 0.2) is 12.1 Å². The van der Waals surface area contributed by atoms with Crippen molar-refractivity contribution in [2.45, 2.75) is 45.4 Å². The van der Waals surface area contributed by atoms with E-state index in [-0.39, 0.29) is 5.38 Å². The summed E-state index contributed by atoms with van der Waals surface area (Å²) in [7, 11) is 0. The van der Waals surface area contributed by atoms with Crippen molar-refractivity contribution in [3.63, 3.8) is 0 Å². The summed E-state index contributed by atoms with van der Waals surface area (Å²) in [6, 6.07) is 4.54. The van der Waals surface area contributed by atoms with Crippen molar-refractivity contribution < 1.29 is 0 Å². The van der Waals surface area contributed by atoms with Gasteiger partial charge in [-0.05, 0) is 74.5 Å². The van der Waals surface area contributed by atoms with Crippen LogP contribution in [0.5, 0.6) is 0 Å². The summed E-state index contributed by atoms with van der Waals surface area (Å²) in [5.41, 5.74) is 5.51. The molecule has 3 atom stereocenters. The monoisotopic (exact) mass is 248 g/mol. The van der Waals surface area contributed by atoms with E-state index in [1.165, 1.54) is 41.5 Å². The number of hydrogen-bond acceptors (Lipinski definition) is 0. The van der Waals surface area contributed by atoms with Crippen LogP contribution < -0.4 is 0 Å². The first-order valence-electron chi connectivity index (χ1n) is 6.78. The Kier molecular flexibility index (Phi) is 2.74. The normalized spacial score (nSPS) is 32.4. The number of aryl methyl sites for hydroxylation is 3. The smallest absolute Gasteiger partial charge is 0.0618 e. The molecule has 0 amide bonds. The van der Waals surface area contributed by atoms with Crippen molar-refractivity contribution >= 4 is 11.6 Å². The van der Waals surface area contributed by atoms with Gasteiger partial charge in [0.2, 0.25) is 0 Å². The van der Waals surface area contributed by atoms with Gasteiger partial charge in [-0.2, -0.15) is 0 Å². The minimum absolute atomic E-state index is 0.239. The van der Waals surface area contributed by atoms with E-state index in [9.17, 15) is 0 Å². The molecule has 0 aromatic heterocycles. The highest BCUT2D eigenvalue weighted by Gasteiger charge is 2.48. The molecule has 3 rings (SSSR count). The van der Waals surface area contributed by atoms with E-state index >= 15 is 0 Å². The molecule has 0 heterocycles. The molecular formula is C16H21Cl. The first-order chi connectivity index (χ1) is 8.06. The van der Waals surface area contributed by atoms with E-state index in [1.807, 2.05) is 0 Å². The number of alkyl halides is 1. The Morgan fingerprint density at radius 2 is 1.53 bits per heavy atom. The second-order valence-electron chi connectivity index (χ2n) is 6.20. The van der Waals surface area contributed by atoms with Gasteiger partial charge in [-0.25, -0.2) is 0 Å². The Bertz CT molecular complexity index is 416. The highest BCUT2D eigenvalue weighted by Crippen LogP contribution is 2.58. The lowest BCUT2D eigenvalue weighted by atomic mass is 9.88. The van der Waals surface area contributed by atoms with Gasteiger partial charge in [0.1, 0.15) is 0 Å². The second kappa shape index (κ2) is 4.02. The molecule has 2 aliphatic carbocycles. The van der Waals surface area contributed by atoms with Gasteiger partial charge in [0.05, 0.1) is 5.38 Å². The topological polar surface area (TPSA) is 0 Å². The zero-order valence-corrected chi connectivity index (χ0v) is 11.7. The first kappa shape index (κ1) is 11.6. The van der Waals surface area contributed by atoms with Gasteiger partial charge < -0.3 is 0 Å². The molecule has 0 radical (unpaired) electrons. The van der Waals surface area contributed by atoms with E-state index in [4.69, 9.17) is 11.6 Å². The van der Waals surface area contributed by atoms with Crippen LogP contribution in [0.25, 0.3) is 0 Å². The Balaban J connectivity index is 1.87. The van der Waals surface area contributed by atoms with Crippen molar-refractivity contribution in [2.24, 2.45) is 17.8 Å². The third kappa shape index (κ3) is 2.01. The lowest BCUT2D eigenvalue weighted by molar-refractivity contribution is 0.469. The minimum Gasteiger partial charge on any atom is -0.118 e. The van der Waals surface area contributed by atoms with Crippen LogP contribution in [0.2, 0.25) is 0 Å². The average molecular weight is 249 g/mol. The summed E-state index contributed by atoms with van der Waals surface area (Å²) in [6.07, 6.45) is 4.21. The molecule has 17 heavy (non-hydrogen) atoms. The van der Waals surface area contributed by atoms with E-state index in [0.717, 1.165) is 17.8 Å². The largest absolute Gasteiger partial charge is 0.118 e. The molecule has 0 aliphatic heterocycles. The van der Waals surface area contributed by atoms with Crippen LogP contribution in [0.1, 0.15) is 46.9 Å². The molecule has 2 aliphatic rings. The quantitative estimate of drug-likeness (QED) is 0.651. The molecule has 2 saturated carbocycles. The Hall–Kier alpha value is -0.490. The van der Waals surface area contributed by atoms with Gasteiger partial charge in [-0.15, -0.1) is 11.6 Å². The molecule has 0 spiro atoms. The van der Waals surface area contributed by atoms with E-state index in [0.29, 0.717) is 0 Å². The summed E-state index contributed by atoms with van der Waals surface area (Å²) in [4.78, 5) is 0. The van der Waals surface area contributed by atoms with Gasteiger partial charge >= 0.3 is 0 Å². The predicted octanol–water partition coefficient (Wildman–Crippen LogP) is 4.94. The van der Waals surface area contributed by atoms with Crippen LogP contribution in [0.4, 0.5) is 0 Å². The highest BCUT2D eigenvalue weighted by molar-refractivity contribution is 6.21. The van der Waals surface area contributed by atoms with Gasteiger partial charge in [0.25, 0.3) is 0 Å². The fraction of sp³-hybridized carbons (Fsp3) is 0.625. The molecule has 1 aromatic carbocycles. The summed E-state index contributed by atoms with van der Waals surface area (Å²) in [6.45, 7) is 6.58. The Morgan fingerprint density at radius 1 is 1.00 bits per heavy atom. The number of benzene rings is 1. The Labute approximate surface area is 109 Å². The maximum Gasteiger partial charge on any atom is 0.0618 e. The number of rotatable bonds is 2.